The van der Waals surface area contributed by atoms with Crippen LogP contribution in [-0.2, 0) is 30.4 Å². The normalized spacial score (nSPS) is 12.1. The van der Waals surface area contributed by atoms with Crippen molar-refractivity contribution in [3.05, 3.63) is 35.9 Å². The number of methoxy groups -OCH3 is 2. The van der Waals surface area contributed by atoms with E-state index in [0.717, 1.165) is 5.56 Å². The van der Waals surface area contributed by atoms with Gasteiger partial charge in [0.25, 0.3) is 0 Å². The molecular weight excluding hydrogens is 302 g/mol. The van der Waals surface area contributed by atoms with Crippen LogP contribution in [0.25, 0.3) is 0 Å². The Kier molecular flexibility index (Phi) is 8.89. The molecule has 0 saturated carbocycles. The highest BCUT2D eigenvalue weighted by Gasteiger charge is 2.28. The zero-order chi connectivity index (χ0) is 17.1. The maximum Gasteiger partial charge on any atom is 0.321 e. The molecule has 0 aliphatic heterocycles. The number of carboxylic acids is 1. The van der Waals surface area contributed by atoms with Crippen LogP contribution in [0.2, 0.25) is 0 Å². The molecular formula is C16H23NO6. The first-order valence-corrected chi connectivity index (χ1v) is 7.22. The Labute approximate surface area is 135 Å². The van der Waals surface area contributed by atoms with Crippen LogP contribution in [-0.4, -0.2) is 57.1 Å². The molecule has 7 nitrogen and oxygen atoms in total. The van der Waals surface area contributed by atoms with Crippen LogP contribution in [0.5, 0.6) is 0 Å². The van der Waals surface area contributed by atoms with E-state index in [0.29, 0.717) is 0 Å². The van der Waals surface area contributed by atoms with E-state index in [9.17, 15) is 14.7 Å². The molecule has 1 rings (SSSR count). The van der Waals surface area contributed by atoms with E-state index in [1.165, 1.54) is 14.2 Å². The number of hydrogen-bond acceptors (Lipinski definition) is 6. The van der Waals surface area contributed by atoms with Crippen molar-refractivity contribution in [1.82, 2.24) is 5.32 Å². The van der Waals surface area contributed by atoms with E-state index in [2.05, 4.69) is 5.32 Å². The Morgan fingerprint density at radius 1 is 1.13 bits per heavy atom. The summed E-state index contributed by atoms with van der Waals surface area (Å²) in [6.45, 7) is 0.361. The van der Waals surface area contributed by atoms with Crippen LogP contribution in [0.4, 0.5) is 0 Å². The highest BCUT2D eigenvalue weighted by atomic mass is 16.5. The molecule has 2 N–H and O–H groups in total. The molecule has 0 bridgehead atoms. The first-order valence-electron chi connectivity index (χ1n) is 7.22. The number of carboxylic acid groups (broad SMARTS) is 1. The SMILES string of the molecule is COCC(COC)[C@H](NCC(=O)OCc1ccccc1)C(=O)O. The molecule has 128 valence electrons. The second-order valence-corrected chi connectivity index (χ2v) is 5.01. The van der Waals surface area contributed by atoms with Crippen molar-refractivity contribution in [2.75, 3.05) is 34.0 Å². The minimum atomic E-state index is -1.07. The third-order valence-corrected chi connectivity index (χ3v) is 3.21. The van der Waals surface area contributed by atoms with E-state index in [-0.39, 0.29) is 26.4 Å². The highest BCUT2D eigenvalue weighted by Crippen LogP contribution is 2.06. The molecule has 1 aromatic rings. The summed E-state index contributed by atoms with van der Waals surface area (Å²) in [5.41, 5.74) is 0.868. The van der Waals surface area contributed by atoms with Gasteiger partial charge in [-0.2, -0.15) is 0 Å². The fraction of sp³-hybridized carbons (Fsp3) is 0.500. The monoisotopic (exact) mass is 325 g/mol. The van der Waals surface area contributed by atoms with Crippen molar-refractivity contribution >= 4 is 11.9 Å². The number of nitrogens with one attached hydrogen (secondary N) is 1. The maximum absolute atomic E-state index is 11.7. The Morgan fingerprint density at radius 2 is 1.74 bits per heavy atom. The first-order chi connectivity index (χ1) is 11.1. The lowest BCUT2D eigenvalue weighted by Crippen LogP contribution is -2.48. The van der Waals surface area contributed by atoms with Crippen LogP contribution in [0.15, 0.2) is 30.3 Å². The molecule has 0 aromatic heterocycles. The smallest absolute Gasteiger partial charge is 0.321 e. The van der Waals surface area contributed by atoms with Gasteiger partial charge < -0.3 is 19.3 Å². The average Bonchev–Trinajstić information content (AvgIpc) is 2.54. The maximum atomic E-state index is 11.7. The summed E-state index contributed by atoms with van der Waals surface area (Å²) in [5.74, 6) is -2.00. The van der Waals surface area contributed by atoms with Crippen molar-refractivity contribution in [3.63, 3.8) is 0 Å². The molecule has 0 saturated heterocycles. The zero-order valence-electron chi connectivity index (χ0n) is 13.4. The molecule has 0 fully saturated rings. The summed E-state index contributed by atoms with van der Waals surface area (Å²) in [6, 6.07) is 8.29. The number of esters is 1. The van der Waals surface area contributed by atoms with E-state index >= 15 is 0 Å². The first kappa shape index (κ1) is 19.1. The summed E-state index contributed by atoms with van der Waals surface area (Å²) in [7, 11) is 2.96. The third-order valence-electron chi connectivity index (χ3n) is 3.21. The summed E-state index contributed by atoms with van der Waals surface area (Å²) in [6.07, 6.45) is 0. The Morgan fingerprint density at radius 3 is 2.26 bits per heavy atom. The van der Waals surface area contributed by atoms with Crippen LogP contribution in [0.1, 0.15) is 5.56 Å². The third kappa shape index (κ3) is 7.23. The lowest BCUT2D eigenvalue weighted by Gasteiger charge is -2.23. The van der Waals surface area contributed by atoms with Gasteiger partial charge in [-0.25, -0.2) is 0 Å². The van der Waals surface area contributed by atoms with Gasteiger partial charge in [0.05, 0.1) is 19.8 Å². The lowest BCUT2D eigenvalue weighted by molar-refractivity contribution is -0.146. The number of carbonyl (C=O) groups excluding carboxylic acids is 1. The molecule has 0 unspecified atom stereocenters. The molecule has 0 spiro atoms. The minimum absolute atomic E-state index is 0.151. The summed E-state index contributed by atoms with van der Waals surface area (Å²) in [4.78, 5) is 23.1. The molecule has 7 heteroatoms. The van der Waals surface area contributed by atoms with Crippen LogP contribution >= 0.6 is 0 Å². The van der Waals surface area contributed by atoms with Crippen LogP contribution in [0, 0.1) is 5.92 Å². The van der Waals surface area contributed by atoms with Crippen LogP contribution in [0.3, 0.4) is 0 Å². The van der Waals surface area contributed by atoms with Gasteiger partial charge in [-0.15, -0.1) is 0 Å². The van der Waals surface area contributed by atoms with Crippen molar-refractivity contribution in [1.29, 1.82) is 0 Å². The predicted octanol–water partition coefficient (Wildman–Crippen LogP) is 0.682. The van der Waals surface area contributed by atoms with Crippen molar-refractivity contribution in [2.45, 2.75) is 12.6 Å². The number of carbonyl (C=O) groups is 2. The van der Waals surface area contributed by atoms with Crippen molar-refractivity contribution < 1.29 is 28.9 Å². The number of rotatable bonds is 11. The van der Waals surface area contributed by atoms with E-state index < -0.39 is 23.9 Å². The molecule has 0 heterocycles. The van der Waals surface area contributed by atoms with Crippen molar-refractivity contribution in [2.24, 2.45) is 5.92 Å². The standard InChI is InChI=1S/C16H23NO6/c1-21-10-13(11-22-2)15(16(19)20)17-8-14(18)23-9-12-6-4-3-5-7-12/h3-7,13,15,17H,8-11H2,1-2H3,(H,19,20)/t15-/m0/s1. The Balaban J connectivity index is 2.47. The van der Waals surface area contributed by atoms with Gasteiger partial charge >= 0.3 is 11.9 Å². The van der Waals surface area contributed by atoms with Gasteiger partial charge in [-0.1, -0.05) is 30.3 Å². The number of aliphatic carboxylic acids is 1. The van der Waals surface area contributed by atoms with Crippen LogP contribution < -0.4 is 5.32 Å². The molecule has 0 radical (unpaired) electrons. The predicted molar refractivity (Wildman–Crippen MR) is 82.9 cm³/mol. The molecule has 0 amide bonds. The van der Waals surface area contributed by atoms with Gasteiger partial charge in [0.1, 0.15) is 12.6 Å². The minimum Gasteiger partial charge on any atom is -0.480 e. The molecule has 0 aliphatic rings. The molecule has 0 aliphatic carbocycles. The molecule has 23 heavy (non-hydrogen) atoms. The second kappa shape index (κ2) is 10.7. The Hall–Kier alpha value is -1.96. The van der Waals surface area contributed by atoms with E-state index in [1.807, 2.05) is 30.3 Å². The molecule has 1 aromatic carbocycles. The fourth-order valence-corrected chi connectivity index (χ4v) is 2.11. The number of benzene rings is 1. The van der Waals surface area contributed by atoms with Gasteiger partial charge in [0.2, 0.25) is 0 Å². The number of ether oxygens (including phenoxy) is 3. The van der Waals surface area contributed by atoms with Crippen molar-refractivity contribution in [3.8, 4) is 0 Å². The van der Waals surface area contributed by atoms with Gasteiger partial charge in [0.15, 0.2) is 0 Å². The largest absolute Gasteiger partial charge is 0.480 e. The lowest BCUT2D eigenvalue weighted by atomic mass is 10.0. The highest BCUT2D eigenvalue weighted by molar-refractivity contribution is 5.76. The quantitative estimate of drug-likeness (QED) is 0.578. The van der Waals surface area contributed by atoms with Gasteiger partial charge in [-0.05, 0) is 5.56 Å². The average molecular weight is 325 g/mol. The van der Waals surface area contributed by atoms with Gasteiger partial charge in [-0.3, -0.25) is 14.9 Å². The Bertz CT molecular complexity index is 473. The van der Waals surface area contributed by atoms with Gasteiger partial charge in [0, 0.05) is 20.1 Å². The fourth-order valence-electron chi connectivity index (χ4n) is 2.11. The van der Waals surface area contributed by atoms with E-state index in [4.69, 9.17) is 14.2 Å². The molecule has 1 atom stereocenters. The number of hydrogen-bond donors (Lipinski definition) is 2. The topological polar surface area (TPSA) is 94.1 Å². The second-order valence-electron chi connectivity index (χ2n) is 5.01. The summed E-state index contributed by atoms with van der Waals surface area (Å²) in [5, 5.41) is 12.0. The summed E-state index contributed by atoms with van der Waals surface area (Å²) < 4.78 is 15.1. The van der Waals surface area contributed by atoms with E-state index in [1.54, 1.807) is 0 Å². The zero-order valence-corrected chi connectivity index (χ0v) is 13.4. The summed E-state index contributed by atoms with van der Waals surface area (Å²) >= 11 is 0.